The van der Waals surface area contributed by atoms with Gasteiger partial charge in [-0.15, -0.1) is 0 Å². The molecule has 13 nitrogen and oxygen atoms in total. The minimum absolute atomic E-state index is 0.115. The molecular formula is C34H53N9O4. The van der Waals surface area contributed by atoms with E-state index in [1.165, 1.54) is 0 Å². The molecule has 0 fully saturated rings. The van der Waals surface area contributed by atoms with Crippen molar-refractivity contribution < 1.29 is 14.3 Å². The number of ether oxygens (including phenoxy) is 2. The number of hydrogen-bond donors (Lipinski definition) is 7. The molecule has 0 bridgehead atoms. The summed E-state index contributed by atoms with van der Waals surface area (Å²) in [6.07, 6.45) is 3.26. The van der Waals surface area contributed by atoms with Crippen LogP contribution in [0.15, 0.2) is 58.4 Å². The Morgan fingerprint density at radius 1 is 1.02 bits per heavy atom. The standard InChI is InChI=1S/C19H28N6O.C15H25N3O3/c1-19(2,3)17-24-12-15(16(26)25-17)14-7-5-13(6-8-14)11-22-9-4-10-23-18(20)21;1-15(2,3)18-14(19)17-12-7-6-11(20-4)10-13(12)21-9-5-8-16/h5-8,12,22H,4,9-11H2,1-3H3,(H4,20,21,23)(H,24,25,26);6-7,10H,5,8-9,16H2,1-4H3,(H2,17,18,19). The molecule has 0 atom stereocenters. The van der Waals surface area contributed by atoms with E-state index in [0.717, 1.165) is 37.1 Å². The number of guanidine groups is 1. The zero-order valence-electron chi connectivity index (χ0n) is 28.8. The van der Waals surface area contributed by atoms with Crippen LogP contribution in [-0.2, 0) is 12.0 Å². The molecule has 1 heterocycles. The lowest BCUT2D eigenvalue weighted by Crippen LogP contribution is -2.43. The van der Waals surface area contributed by atoms with Gasteiger partial charge in [0.2, 0.25) is 0 Å². The third-order valence-electron chi connectivity index (χ3n) is 6.44. The number of carbonyl (C=O) groups excluding carboxylic acids is 1. The van der Waals surface area contributed by atoms with Crippen molar-refractivity contribution >= 4 is 17.7 Å². The number of hydrogen-bond acceptors (Lipinski definition) is 8. The molecule has 13 heteroatoms. The number of aromatic amines is 1. The van der Waals surface area contributed by atoms with Crippen LogP contribution in [0, 0.1) is 0 Å². The first-order valence-corrected chi connectivity index (χ1v) is 15.7. The van der Waals surface area contributed by atoms with E-state index >= 15 is 0 Å². The molecule has 0 unspecified atom stereocenters. The number of aliphatic imine (C=N–C) groups is 1. The van der Waals surface area contributed by atoms with E-state index < -0.39 is 0 Å². The van der Waals surface area contributed by atoms with E-state index in [9.17, 15) is 9.59 Å². The fraction of sp³-hybridized carbons (Fsp3) is 0.471. The molecule has 10 N–H and O–H groups in total. The van der Waals surface area contributed by atoms with Gasteiger partial charge in [0.25, 0.3) is 5.56 Å². The molecule has 0 saturated heterocycles. The molecule has 2 aromatic carbocycles. The van der Waals surface area contributed by atoms with Crippen molar-refractivity contribution in [1.29, 1.82) is 0 Å². The van der Waals surface area contributed by atoms with Gasteiger partial charge in [-0.2, -0.15) is 0 Å². The Labute approximate surface area is 278 Å². The molecule has 0 aliphatic rings. The highest BCUT2D eigenvalue weighted by Gasteiger charge is 2.18. The van der Waals surface area contributed by atoms with Crippen molar-refractivity contribution in [2.45, 2.75) is 71.9 Å². The number of nitrogens with zero attached hydrogens (tertiary/aromatic N) is 2. The zero-order chi connectivity index (χ0) is 35.0. The SMILES string of the molecule is CC(C)(C)c1ncc(-c2ccc(CNCCCN=C(N)N)cc2)c(=O)[nH]1.COc1ccc(NC(=O)NC(C)(C)C)c(OCCCN)c1. The van der Waals surface area contributed by atoms with Crippen LogP contribution in [0.5, 0.6) is 11.5 Å². The van der Waals surface area contributed by atoms with E-state index in [4.69, 9.17) is 26.7 Å². The summed E-state index contributed by atoms with van der Waals surface area (Å²) < 4.78 is 10.8. The first-order valence-electron chi connectivity index (χ1n) is 15.7. The molecule has 2 amide bonds. The van der Waals surface area contributed by atoms with Gasteiger partial charge in [0.1, 0.15) is 17.3 Å². The minimum Gasteiger partial charge on any atom is -0.497 e. The number of benzene rings is 2. The molecule has 0 saturated carbocycles. The number of anilines is 1. The summed E-state index contributed by atoms with van der Waals surface area (Å²) in [4.78, 5) is 35.5. The number of nitrogens with two attached hydrogens (primary N) is 3. The predicted octanol–water partition coefficient (Wildman–Crippen LogP) is 3.83. The normalized spacial score (nSPS) is 11.1. The van der Waals surface area contributed by atoms with Crippen LogP contribution in [-0.4, -0.2) is 60.8 Å². The predicted molar refractivity (Wildman–Crippen MR) is 190 cm³/mol. The highest BCUT2D eigenvalue weighted by atomic mass is 16.5. The van der Waals surface area contributed by atoms with Crippen LogP contribution < -0.4 is 48.2 Å². The Morgan fingerprint density at radius 3 is 2.30 bits per heavy atom. The Morgan fingerprint density at radius 2 is 1.72 bits per heavy atom. The fourth-order valence-corrected chi connectivity index (χ4v) is 4.04. The third kappa shape index (κ3) is 14.6. The lowest BCUT2D eigenvalue weighted by Gasteiger charge is -2.21. The maximum Gasteiger partial charge on any atom is 0.319 e. The van der Waals surface area contributed by atoms with E-state index in [1.54, 1.807) is 31.5 Å². The highest BCUT2D eigenvalue weighted by Crippen LogP contribution is 2.29. The van der Waals surface area contributed by atoms with Crippen LogP contribution in [0.3, 0.4) is 0 Å². The average molecular weight is 652 g/mol. The third-order valence-corrected chi connectivity index (χ3v) is 6.44. The van der Waals surface area contributed by atoms with Gasteiger partial charge in [-0.25, -0.2) is 9.78 Å². The van der Waals surface area contributed by atoms with Crippen molar-refractivity contribution in [2.75, 3.05) is 38.7 Å². The number of methoxy groups -OCH3 is 1. The first-order chi connectivity index (χ1) is 22.1. The second kappa shape index (κ2) is 18.5. The highest BCUT2D eigenvalue weighted by molar-refractivity contribution is 5.91. The summed E-state index contributed by atoms with van der Waals surface area (Å²) >= 11 is 0. The summed E-state index contributed by atoms with van der Waals surface area (Å²) in [5.41, 5.74) is 18.6. The van der Waals surface area contributed by atoms with Gasteiger partial charge >= 0.3 is 6.03 Å². The second-order valence-electron chi connectivity index (χ2n) is 12.9. The zero-order valence-corrected chi connectivity index (χ0v) is 28.8. The largest absolute Gasteiger partial charge is 0.497 e. The monoisotopic (exact) mass is 651 g/mol. The minimum atomic E-state index is -0.308. The molecule has 3 aromatic rings. The lowest BCUT2D eigenvalue weighted by molar-refractivity contribution is 0.243. The lowest BCUT2D eigenvalue weighted by atomic mass is 9.95. The summed E-state index contributed by atoms with van der Waals surface area (Å²) in [6, 6.07) is 12.9. The van der Waals surface area contributed by atoms with Gasteiger partial charge in [-0.05, 0) is 70.0 Å². The summed E-state index contributed by atoms with van der Waals surface area (Å²) in [5.74, 6) is 2.04. The first kappa shape index (κ1) is 38.6. The molecular weight excluding hydrogens is 598 g/mol. The Balaban J connectivity index is 0.000000335. The van der Waals surface area contributed by atoms with Gasteiger partial charge in [0, 0.05) is 36.3 Å². The van der Waals surface area contributed by atoms with Gasteiger partial charge in [-0.1, -0.05) is 45.0 Å². The number of rotatable bonds is 13. The van der Waals surface area contributed by atoms with E-state index in [2.05, 4.69) is 30.9 Å². The second-order valence-corrected chi connectivity index (χ2v) is 12.9. The van der Waals surface area contributed by atoms with Gasteiger partial charge < -0.3 is 47.6 Å². The fourth-order valence-electron chi connectivity index (χ4n) is 4.04. The van der Waals surface area contributed by atoms with Crippen LogP contribution in [0.25, 0.3) is 11.1 Å². The maximum absolute atomic E-state index is 12.4. The number of carbonyl (C=O) groups is 1. The number of H-pyrrole nitrogens is 1. The van der Waals surface area contributed by atoms with Crippen LogP contribution in [0.2, 0.25) is 0 Å². The van der Waals surface area contributed by atoms with Gasteiger partial charge in [-0.3, -0.25) is 9.79 Å². The van der Waals surface area contributed by atoms with Crippen molar-refractivity contribution in [3.05, 3.63) is 70.4 Å². The van der Waals surface area contributed by atoms with Crippen molar-refractivity contribution in [1.82, 2.24) is 20.6 Å². The molecule has 47 heavy (non-hydrogen) atoms. The molecule has 0 spiro atoms. The average Bonchev–Trinajstić information content (AvgIpc) is 2.99. The van der Waals surface area contributed by atoms with Crippen molar-refractivity contribution in [3.63, 3.8) is 0 Å². The Hall–Kier alpha value is -4.62. The van der Waals surface area contributed by atoms with E-state index in [0.29, 0.717) is 48.3 Å². The van der Waals surface area contributed by atoms with Crippen molar-refractivity contribution in [3.8, 4) is 22.6 Å². The Kier molecular flexibility index (Phi) is 15.2. The van der Waals surface area contributed by atoms with Crippen LogP contribution >= 0.6 is 0 Å². The van der Waals surface area contributed by atoms with E-state index in [1.807, 2.05) is 65.8 Å². The smallest absolute Gasteiger partial charge is 0.319 e. The van der Waals surface area contributed by atoms with Crippen molar-refractivity contribution in [2.24, 2.45) is 22.2 Å². The number of nitrogens with one attached hydrogen (secondary N) is 4. The summed E-state index contributed by atoms with van der Waals surface area (Å²) in [6.45, 7) is 15.0. The number of aromatic nitrogens is 2. The molecule has 0 radical (unpaired) electrons. The summed E-state index contributed by atoms with van der Waals surface area (Å²) in [7, 11) is 1.58. The van der Waals surface area contributed by atoms with E-state index in [-0.39, 0.29) is 28.5 Å². The van der Waals surface area contributed by atoms with Gasteiger partial charge in [0.15, 0.2) is 5.96 Å². The molecule has 0 aliphatic carbocycles. The maximum atomic E-state index is 12.4. The number of urea groups is 1. The molecule has 3 rings (SSSR count). The number of amides is 2. The Bertz CT molecular complexity index is 1490. The topological polar surface area (TPSA) is 208 Å². The van der Waals surface area contributed by atoms with Crippen LogP contribution in [0.4, 0.5) is 10.5 Å². The van der Waals surface area contributed by atoms with Gasteiger partial charge in [0.05, 0.1) is 25.0 Å². The quantitative estimate of drug-likeness (QED) is 0.0813. The molecule has 258 valence electrons. The molecule has 0 aliphatic heterocycles. The van der Waals surface area contributed by atoms with Crippen LogP contribution in [0.1, 0.15) is 65.8 Å². The summed E-state index contributed by atoms with van der Waals surface area (Å²) in [5, 5.41) is 8.96. The molecule has 1 aromatic heterocycles.